The molecule has 0 saturated carbocycles. The van der Waals surface area contributed by atoms with Gasteiger partial charge in [0, 0.05) is 31.9 Å². The second-order valence-electron chi connectivity index (χ2n) is 7.15. The lowest BCUT2D eigenvalue weighted by atomic mass is 10.3. The molecule has 0 atom stereocenters. The minimum atomic E-state index is -0.492. The molecule has 1 aliphatic rings. The second-order valence-corrected chi connectivity index (χ2v) is 7.15. The Morgan fingerprint density at radius 1 is 1.13 bits per heavy atom. The van der Waals surface area contributed by atoms with Gasteiger partial charge in [0.2, 0.25) is 11.8 Å². The molecule has 0 unspecified atom stereocenters. The Kier molecular flexibility index (Phi) is 6.40. The van der Waals surface area contributed by atoms with E-state index in [-0.39, 0.29) is 42.1 Å². The van der Waals surface area contributed by atoms with E-state index in [9.17, 15) is 24.1 Å². The molecule has 0 aliphatic carbocycles. The number of hydrogen-bond donors (Lipinski definition) is 1. The number of aromatic nitrogens is 2. The van der Waals surface area contributed by atoms with Gasteiger partial charge in [0.1, 0.15) is 23.7 Å². The first kappa shape index (κ1) is 21.4. The van der Waals surface area contributed by atoms with E-state index in [0.717, 1.165) is 0 Å². The van der Waals surface area contributed by atoms with Crippen molar-refractivity contribution in [2.24, 2.45) is 0 Å². The maximum absolute atomic E-state index is 12.9. The van der Waals surface area contributed by atoms with Crippen LogP contribution in [0.4, 0.5) is 15.8 Å². The zero-order valence-electron chi connectivity index (χ0n) is 16.8. The maximum atomic E-state index is 12.9. The smallest absolute Gasteiger partial charge is 0.312 e. The predicted molar refractivity (Wildman–Crippen MR) is 106 cm³/mol. The third-order valence-electron chi connectivity index (χ3n) is 5.03. The fourth-order valence-corrected chi connectivity index (χ4v) is 3.43. The molecule has 2 aromatic rings. The van der Waals surface area contributed by atoms with Gasteiger partial charge in [0.25, 0.3) is 0 Å². The molecule has 160 valence electrons. The lowest BCUT2D eigenvalue weighted by Gasteiger charge is -2.34. The zero-order valence-corrected chi connectivity index (χ0v) is 16.8. The Labute approximate surface area is 172 Å². The van der Waals surface area contributed by atoms with Crippen molar-refractivity contribution in [1.82, 2.24) is 19.6 Å². The molecule has 0 radical (unpaired) electrons. The van der Waals surface area contributed by atoms with Crippen molar-refractivity contribution in [3.05, 3.63) is 51.6 Å². The van der Waals surface area contributed by atoms with Crippen molar-refractivity contribution in [1.29, 1.82) is 0 Å². The van der Waals surface area contributed by atoms with Crippen LogP contribution in [0.2, 0.25) is 0 Å². The summed E-state index contributed by atoms with van der Waals surface area (Å²) in [5.74, 6) is -0.758. The summed E-state index contributed by atoms with van der Waals surface area (Å²) in [7, 11) is 0. The number of nitrogens with zero attached hydrogens (tertiary/aromatic N) is 5. The van der Waals surface area contributed by atoms with E-state index < -0.39 is 4.92 Å². The highest BCUT2D eigenvalue weighted by molar-refractivity contribution is 5.92. The number of benzene rings is 1. The average Bonchev–Trinajstić information content (AvgIpc) is 2.97. The summed E-state index contributed by atoms with van der Waals surface area (Å²) in [5.41, 5.74) is 1.08. The second kappa shape index (κ2) is 8.99. The average molecular weight is 418 g/mol. The molecule has 2 heterocycles. The fraction of sp³-hybridized carbons (Fsp3) is 0.421. The summed E-state index contributed by atoms with van der Waals surface area (Å²) in [4.78, 5) is 38.9. The van der Waals surface area contributed by atoms with E-state index in [0.29, 0.717) is 37.6 Å². The van der Waals surface area contributed by atoms with Crippen LogP contribution in [-0.2, 0) is 16.1 Å². The van der Waals surface area contributed by atoms with E-state index in [2.05, 4.69) is 10.4 Å². The van der Waals surface area contributed by atoms with Gasteiger partial charge in [-0.1, -0.05) is 0 Å². The molecular formula is C19H23FN6O4. The number of halogens is 1. The van der Waals surface area contributed by atoms with E-state index in [1.807, 2.05) is 4.90 Å². The van der Waals surface area contributed by atoms with E-state index in [1.54, 1.807) is 18.7 Å². The van der Waals surface area contributed by atoms with E-state index in [4.69, 9.17) is 0 Å². The van der Waals surface area contributed by atoms with Gasteiger partial charge in [0.05, 0.1) is 11.5 Å². The summed E-state index contributed by atoms with van der Waals surface area (Å²) >= 11 is 0. The van der Waals surface area contributed by atoms with Crippen LogP contribution in [0.15, 0.2) is 24.3 Å². The molecule has 0 spiro atoms. The van der Waals surface area contributed by atoms with Crippen LogP contribution < -0.4 is 5.32 Å². The molecule has 1 aromatic heterocycles. The molecule has 1 aromatic carbocycles. The molecule has 1 aliphatic heterocycles. The maximum Gasteiger partial charge on any atom is 0.312 e. The quantitative estimate of drug-likeness (QED) is 0.559. The number of aryl methyl sites for hydroxylation is 1. The summed E-state index contributed by atoms with van der Waals surface area (Å²) in [6, 6.07) is 5.54. The van der Waals surface area contributed by atoms with Gasteiger partial charge >= 0.3 is 5.69 Å². The molecule has 1 N–H and O–H groups in total. The third kappa shape index (κ3) is 4.98. The number of nitro groups is 1. The van der Waals surface area contributed by atoms with Crippen LogP contribution >= 0.6 is 0 Å². The number of carbonyl (C=O) groups is 2. The van der Waals surface area contributed by atoms with Gasteiger partial charge in [0.15, 0.2) is 0 Å². The normalized spacial score (nSPS) is 14.6. The Morgan fingerprint density at radius 3 is 2.33 bits per heavy atom. The molecule has 30 heavy (non-hydrogen) atoms. The summed E-state index contributed by atoms with van der Waals surface area (Å²) < 4.78 is 14.3. The van der Waals surface area contributed by atoms with Crippen molar-refractivity contribution in [3.8, 4) is 0 Å². The first-order valence-electron chi connectivity index (χ1n) is 9.48. The van der Waals surface area contributed by atoms with Gasteiger partial charge in [-0.2, -0.15) is 5.10 Å². The van der Waals surface area contributed by atoms with Gasteiger partial charge in [-0.3, -0.25) is 29.3 Å². The summed E-state index contributed by atoms with van der Waals surface area (Å²) in [6.45, 7) is 5.17. The van der Waals surface area contributed by atoms with Crippen molar-refractivity contribution in [2.75, 3.05) is 38.0 Å². The minimum Gasteiger partial charge on any atom is -0.339 e. The number of amides is 2. The summed E-state index contributed by atoms with van der Waals surface area (Å²) in [5, 5.41) is 17.9. The van der Waals surface area contributed by atoms with Crippen LogP contribution in [-0.4, -0.2) is 69.0 Å². The largest absolute Gasteiger partial charge is 0.339 e. The van der Waals surface area contributed by atoms with Gasteiger partial charge in [-0.05, 0) is 38.1 Å². The highest BCUT2D eigenvalue weighted by Gasteiger charge is 2.26. The van der Waals surface area contributed by atoms with Crippen molar-refractivity contribution in [2.45, 2.75) is 20.4 Å². The fourth-order valence-electron chi connectivity index (χ4n) is 3.43. The predicted octanol–water partition coefficient (Wildman–Crippen LogP) is 1.33. The topological polar surface area (TPSA) is 114 Å². The Bertz CT molecular complexity index is 951. The number of piperazine rings is 1. The highest BCUT2D eigenvalue weighted by atomic mass is 19.1. The Hall–Kier alpha value is -3.34. The van der Waals surface area contributed by atoms with E-state index in [1.165, 1.54) is 28.9 Å². The number of anilines is 1. The van der Waals surface area contributed by atoms with Crippen LogP contribution in [0, 0.1) is 29.8 Å². The standard InChI is InChI=1S/C19H23FN6O4/c1-13-19(26(29)30)14(2)25(22-13)12-18(28)24-9-7-23(8-10-24)11-17(27)21-16-5-3-15(20)4-6-16/h3-6H,7-12H2,1-2H3,(H,21,27). The van der Waals surface area contributed by atoms with Gasteiger partial charge < -0.3 is 10.2 Å². The van der Waals surface area contributed by atoms with Gasteiger partial charge in [-0.15, -0.1) is 0 Å². The molecule has 1 saturated heterocycles. The van der Waals surface area contributed by atoms with Crippen molar-refractivity contribution < 1.29 is 18.9 Å². The monoisotopic (exact) mass is 418 g/mol. The number of nitrogens with one attached hydrogen (secondary N) is 1. The Balaban J connectivity index is 1.48. The van der Waals surface area contributed by atoms with Crippen LogP contribution in [0.5, 0.6) is 0 Å². The molecule has 0 bridgehead atoms. The molecule has 3 rings (SSSR count). The SMILES string of the molecule is Cc1nn(CC(=O)N2CCN(CC(=O)Nc3ccc(F)cc3)CC2)c(C)c1[N+](=O)[O-]. The molecule has 2 amide bonds. The van der Waals surface area contributed by atoms with Crippen molar-refractivity contribution in [3.63, 3.8) is 0 Å². The molecular weight excluding hydrogens is 395 g/mol. The van der Waals surface area contributed by atoms with Crippen molar-refractivity contribution >= 4 is 23.2 Å². The first-order valence-corrected chi connectivity index (χ1v) is 9.48. The van der Waals surface area contributed by atoms with Crippen LogP contribution in [0.3, 0.4) is 0 Å². The Morgan fingerprint density at radius 2 is 1.77 bits per heavy atom. The zero-order chi connectivity index (χ0) is 21.8. The number of rotatable bonds is 6. The third-order valence-corrected chi connectivity index (χ3v) is 5.03. The molecule has 10 nitrogen and oxygen atoms in total. The van der Waals surface area contributed by atoms with Gasteiger partial charge in [-0.25, -0.2) is 4.39 Å². The molecule has 11 heteroatoms. The van der Waals surface area contributed by atoms with Crippen LogP contribution in [0.25, 0.3) is 0 Å². The van der Waals surface area contributed by atoms with Crippen LogP contribution in [0.1, 0.15) is 11.4 Å². The lowest BCUT2D eigenvalue weighted by Crippen LogP contribution is -2.51. The lowest BCUT2D eigenvalue weighted by molar-refractivity contribution is -0.386. The number of carbonyl (C=O) groups excluding carboxylic acids is 2. The highest BCUT2D eigenvalue weighted by Crippen LogP contribution is 2.21. The molecule has 1 fully saturated rings. The first-order chi connectivity index (χ1) is 14.2. The number of hydrogen-bond acceptors (Lipinski definition) is 6. The summed E-state index contributed by atoms with van der Waals surface area (Å²) in [6.07, 6.45) is 0. The van der Waals surface area contributed by atoms with E-state index >= 15 is 0 Å². The minimum absolute atomic E-state index is 0.0639.